The monoisotopic (exact) mass is 410 g/mol. The van der Waals surface area contributed by atoms with Gasteiger partial charge in [-0.15, -0.1) is 0 Å². The number of urea groups is 1. The standard InChI is InChI=1S/C19H20Cl2N2O4/c1-22-8-3-9-23(19(22)27)10-12-13(20)7-6-11(17(12)21)18(26)16-14(24)4-2-5-15(16)25/h6-7,24H,2-5,8-10H2,1H3. The topological polar surface area (TPSA) is 77.9 Å². The highest BCUT2D eigenvalue weighted by Crippen LogP contribution is 2.33. The van der Waals surface area contributed by atoms with Crippen LogP contribution in [0.4, 0.5) is 4.79 Å². The number of aliphatic hydroxyl groups is 1. The molecular formula is C19H20Cl2N2O4. The minimum atomic E-state index is -0.609. The molecule has 1 saturated heterocycles. The van der Waals surface area contributed by atoms with Crippen molar-refractivity contribution in [2.45, 2.75) is 32.2 Å². The first kappa shape index (κ1) is 19.7. The Morgan fingerprint density at radius 3 is 2.59 bits per heavy atom. The molecule has 0 radical (unpaired) electrons. The summed E-state index contributed by atoms with van der Waals surface area (Å²) in [4.78, 5) is 40.5. The number of amides is 2. The van der Waals surface area contributed by atoms with Crippen LogP contribution in [-0.4, -0.2) is 52.6 Å². The number of carbonyl (C=O) groups is 3. The van der Waals surface area contributed by atoms with E-state index in [-0.39, 0.29) is 46.7 Å². The molecule has 0 spiro atoms. The largest absolute Gasteiger partial charge is 0.511 e. The van der Waals surface area contributed by atoms with Crippen LogP contribution in [0.3, 0.4) is 0 Å². The first-order chi connectivity index (χ1) is 12.8. The molecule has 1 aromatic rings. The van der Waals surface area contributed by atoms with Gasteiger partial charge in [-0.1, -0.05) is 23.2 Å². The summed E-state index contributed by atoms with van der Waals surface area (Å²) in [5.41, 5.74) is 0.354. The lowest BCUT2D eigenvalue weighted by atomic mass is 9.90. The van der Waals surface area contributed by atoms with Gasteiger partial charge in [0.05, 0.1) is 11.6 Å². The van der Waals surface area contributed by atoms with Gasteiger partial charge < -0.3 is 14.9 Å². The number of aliphatic hydroxyl groups excluding tert-OH is 1. The van der Waals surface area contributed by atoms with Crippen LogP contribution in [0.2, 0.25) is 10.0 Å². The highest BCUT2D eigenvalue weighted by Gasteiger charge is 2.30. The summed E-state index contributed by atoms with van der Waals surface area (Å²) in [6, 6.07) is 2.84. The lowest BCUT2D eigenvalue weighted by Crippen LogP contribution is -2.46. The third-order valence-corrected chi connectivity index (χ3v) is 5.70. The molecule has 6 nitrogen and oxygen atoms in total. The molecule has 0 bridgehead atoms. The first-order valence-corrected chi connectivity index (χ1v) is 9.53. The van der Waals surface area contributed by atoms with Crippen molar-refractivity contribution in [3.8, 4) is 0 Å². The minimum Gasteiger partial charge on any atom is -0.511 e. The molecule has 0 atom stereocenters. The van der Waals surface area contributed by atoms with E-state index in [2.05, 4.69) is 0 Å². The van der Waals surface area contributed by atoms with Crippen molar-refractivity contribution in [2.75, 3.05) is 20.1 Å². The molecule has 1 fully saturated rings. The van der Waals surface area contributed by atoms with E-state index in [0.29, 0.717) is 36.5 Å². The zero-order valence-electron chi connectivity index (χ0n) is 14.9. The molecule has 2 aliphatic rings. The van der Waals surface area contributed by atoms with Gasteiger partial charge in [0.25, 0.3) is 0 Å². The predicted octanol–water partition coefficient (Wildman–Crippen LogP) is 4.00. The number of halogens is 2. The number of carbonyl (C=O) groups excluding carboxylic acids is 3. The van der Waals surface area contributed by atoms with Crippen LogP contribution in [0.1, 0.15) is 41.6 Å². The van der Waals surface area contributed by atoms with Crippen LogP contribution in [0.5, 0.6) is 0 Å². The number of hydrogen-bond donors (Lipinski definition) is 1. The van der Waals surface area contributed by atoms with Crippen molar-refractivity contribution >= 4 is 40.8 Å². The van der Waals surface area contributed by atoms with E-state index in [9.17, 15) is 19.5 Å². The van der Waals surface area contributed by atoms with Crippen LogP contribution >= 0.6 is 23.2 Å². The van der Waals surface area contributed by atoms with E-state index < -0.39 is 5.78 Å². The van der Waals surface area contributed by atoms with Crippen molar-refractivity contribution in [1.82, 2.24) is 9.80 Å². The Morgan fingerprint density at radius 1 is 1.15 bits per heavy atom. The highest BCUT2D eigenvalue weighted by molar-refractivity contribution is 6.40. The number of benzene rings is 1. The summed E-state index contributed by atoms with van der Waals surface area (Å²) in [5, 5.41) is 10.5. The van der Waals surface area contributed by atoms with Crippen LogP contribution in [-0.2, 0) is 11.3 Å². The van der Waals surface area contributed by atoms with E-state index in [1.54, 1.807) is 16.8 Å². The Bertz CT molecular complexity index is 850. The normalized spacial score (nSPS) is 18.3. The summed E-state index contributed by atoms with van der Waals surface area (Å²) < 4.78 is 0. The van der Waals surface area contributed by atoms with Crippen LogP contribution in [0.25, 0.3) is 0 Å². The second kappa shape index (κ2) is 7.90. The Labute approximate surface area is 167 Å². The molecule has 27 heavy (non-hydrogen) atoms. The van der Waals surface area contributed by atoms with Crippen LogP contribution < -0.4 is 0 Å². The van der Waals surface area contributed by atoms with Gasteiger partial charge in [-0.3, -0.25) is 9.59 Å². The number of allylic oxidation sites excluding steroid dienone is 2. The van der Waals surface area contributed by atoms with Gasteiger partial charge in [-0.25, -0.2) is 4.79 Å². The van der Waals surface area contributed by atoms with Crippen molar-refractivity contribution in [2.24, 2.45) is 0 Å². The summed E-state index contributed by atoms with van der Waals surface area (Å²) >= 11 is 12.7. The van der Waals surface area contributed by atoms with Gasteiger partial charge >= 0.3 is 6.03 Å². The molecule has 0 saturated carbocycles. The van der Waals surface area contributed by atoms with Gasteiger partial charge in [0, 0.05) is 49.1 Å². The average molecular weight is 411 g/mol. The zero-order chi connectivity index (χ0) is 19.7. The quantitative estimate of drug-likeness (QED) is 0.600. The molecule has 144 valence electrons. The molecule has 1 aliphatic heterocycles. The molecule has 1 aromatic carbocycles. The molecule has 8 heteroatoms. The summed E-state index contributed by atoms with van der Waals surface area (Å²) in [5.74, 6) is -1.19. The fourth-order valence-electron chi connectivity index (χ4n) is 3.41. The van der Waals surface area contributed by atoms with Crippen LogP contribution in [0, 0.1) is 0 Å². The fraction of sp³-hybridized carbons (Fsp3) is 0.421. The van der Waals surface area contributed by atoms with E-state index in [4.69, 9.17) is 23.2 Å². The van der Waals surface area contributed by atoms with Crippen molar-refractivity contribution in [1.29, 1.82) is 0 Å². The maximum atomic E-state index is 12.9. The molecule has 0 unspecified atom stereocenters. The van der Waals surface area contributed by atoms with Gasteiger partial charge in [-0.05, 0) is 25.0 Å². The van der Waals surface area contributed by atoms with E-state index in [0.717, 1.165) is 6.42 Å². The van der Waals surface area contributed by atoms with Gasteiger partial charge in [0.1, 0.15) is 11.3 Å². The van der Waals surface area contributed by atoms with Crippen molar-refractivity contribution in [3.05, 3.63) is 44.6 Å². The average Bonchev–Trinajstić information content (AvgIpc) is 2.61. The fourth-order valence-corrected chi connectivity index (χ4v) is 3.98. The summed E-state index contributed by atoms with van der Waals surface area (Å²) in [6.45, 7) is 1.42. The summed E-state index contributed by atoms with van der Waals surface area (Å²) in [6.07, 6.45) is 1.86. The van der Waals surface area contributed by atoms with Crippen LogP contribution in [0.15, 0.2) is 23.5 Å². The van der Waals surface area contributed by atoms with Gasteiger partial charge in [-0.2, -0.15) is 0 Å². The van der Waals surface area contributed by atoms with Crippen molar-refractivity contribution in [3.63, 3.8) is 0 Å². The van der Waals surface area contributed by atoms with E-state index in [1.807, 2.05) is 0 Å². The highest BCUT2D eigenvalue weighted by atomic mass is 35.5. The zero-order valence-corrected chi connectivity index (χ0v) is 16.4. The Balaban J connectivity index is 1.95. The van der Waals surface area contributed by atoms with E-state index >= 15 is 0 Å². The number of rotatable bonds is 4. The third kappa shape index (κ3) is 3.82. The lowest BCUT2D eigenvalue weighted by molar-refractivity contribution is -0.116. The number of hydrogen-bond acceptors (Lipinski definition) is 4. The molecule has 1 aliphatic carbocycles. The summed E-state index contributed by atoms with van der Waals surface area (Å²) in [7, 11) is 1.72. The second-order valence-corrected chi connectivity index (χ2v) is 7.58. The Morgan fingerprint density at radius 2 is 1.89 bits per heavy atom. The molecule has 0 aromatic heterocycles. The number of Topliss-reactive ketones (excluding diaryl/α,β-unsaturated/α-hetero) is 2. The van der Waals surface area contributed by atoms with Gasteiger partial charge in [0.2, 0.25) is 5.78 Å². The minimum absolute atomic E-state index is 0.102. The second-order valence-electron chi connectivity index (χ2n) is 6.79. The molecular weight excluding hydrogens is 391 g/mol. The Hall–Kier alpha value is -2.05. The number of ketones is 2. The predicted molar refractivity (Wildman–Crippen MR) is 102 cm³/mol. The molecule has 2 amide bonds. The third-order valence-electron chi connectivity index (χ3n) is 4.91. The maximum Gasteiger partial charge on any atom is 0.320 e. The number of nitrogens with zero attached hydrogens (tertiary/aromatic N) is 2. The Kier molecular flexibility index (Phi) is 5.77. The van der Waals surface area contributed by atoms with Crippen molar-refractivity contribution < 1.29 is 19.5 Å². The molecule has 1 N–H and O–H groups in total. The lowest BCUT2D eigenvalue weighted by Gasteiger charge is -2.33. The smallest absolute Gasteiger partial charge is 0.320 e. The van der Waals surface area contributed by atoms with E-state index in [1.165, 1.54) is 12.1 Å². The van der Waals surface area contributed by atoms with Gasteiger partial charge in [0.15, 0.2) is 5.78 Å². The SMILES string of the molecule is CN1CCCN(Cc2c(Cl)ccc(C(=O)C3=C(O)CCCC3=O)c2Cl)C1=O. The first-order valence-electron chi connectivity index (χ1n) is 8.78. The maximum absolute atomic E-state index is 12.9. The molecule has 3 rings (SSSR count). The molecule has 1 heterocycles.